The van der Waals surface area contributed by atoms with Crippen molar-refractivity contribution in [1.29, 1.82) is 0 Å². The van der Waals surface area contributed by atoms with Gasteiger partial charge >= 0.3 is 0 Å². The van der Waals surface area contributed by atoms with Crippen LogP contribution in [0.1, 0.15) is 39.0 Å². The molecule has 2 rings (SSSR count). The molecule has 0 aromatic carbocycles. The van der Waals surface area contributed by atoms with Gasteiger partial charge in [-0.2, -0.15) is 12.6 Å². The van der Waals surface area contributed by atoms with Crippen molar-refractivity contribution in [3.63, 3.8) is 0 Å². The average molecular weight is 253 g/mol. The third kappa shape index (κ3) is 3.35. The summed E-state index contributed by atoms with van der Waals surface area (Å²) in [7, 11) is 0. The van der Waals surface area contributed by atoms with E-state index in [1.807, 2.05) is 13.0 Å². The Hall–Kier alpha value is -0.280. The van der Waals surface area contributed by atoms with Crippen LogP contribution in [0.3, 0.4) is 0 Å². The maximum Gasteiger partial charge on any atom is 0.167 e. The molecule has 1 atom stereocenters. The number of rotatable bonds is 4. The lowest BCUT2D eigenvalue weighted by atomic mass is 9.69. The average Bonchev–Trinajstić information content (AvgIpc) is 2.27. The summed E-state index contributed by atoms with van der Waals surface area (Å²) < 4.78 is 0. The maximum atomic E-state index is 11.3. The van der Waals surface area contributed by atoms with Crippen LogP contribution in [0.4, 0.5) is 0 Å². The molecule has 0 aromatic heterocycles. The minimum absolute atomic E-state index is 0.112. The fraction of sp³-hybridized carbons (Fsp3) is 0.786. The van der Waals surface area contributed by atoms with Crippen molar-refractivity contribution in [2.24, 2.45) is 5.41 Å². The number of nitrogens with zero attached hydrogens (tertiary/aromatic N) is 1. The van der Waals surface area contributed by atoms with Crippen LogP contribution >= 0.6 is 12.6 Å². The second-order valence-corrected chi connectivity index (χ2v) is 6.49. The summed E-state index contributed by atoms with van der Waals surface area (Å²) in [5.74, 6) is 0.112. The smallest absolute Gasteiger partial charge is 0.167 e. The van der Waals surface area contributed by atoms with Gasteiger partial charge in [0, 0.05) is 19.6 Å². The van der Waals surface area contributed by atoms with Gasteiger partial charge in [-0.25, -0.2) is 0 Å². The third-order valence-electron chi connectivity index (χ3n) is 4.09. The van der Waals surface area contributed by atoms with Crippen LogP contribution in [0.25, 0.3) is 0 Å². The third-order valence-corrected chi connectivity index (χ3v) is 4.34. The lowest BCUT2D eigenvalue weighted by Crippen LogP contribution is -2.56. The summed E-state index contributed by atoms with van der Waals surface area (Å²) >= 11 is 4.12. The predicted molar refractivity (Wildman–Crippen MR) is 74.6 cm³/mol. The summed E-state index contributed by atoms with van der Waals surface area (Å²) in [5, 5.41) is -0.174. The van der Waals surface area contributed by atoms with Gasteiger partial charge in [-0.05, 0) is 31.3 Å². The van der Waals surface area contributed by atoms with Crippen LogP contribution in [0.2, 0.25) is 0 Å². The van der Waals surface area contributed by atoms with Crippen LogP contribution in [-0.4, -0.2) is 35.6 Å². The largest absolute Gasteiger partial charge is 0.298 e. The molecule has 2 nitrogen and oxygen atoms in total. The normalized spacial score (nSPS) is 26.0. The van der Waals surface area contributed by atoms with Crippen LogP contribution in [0, 0.1) is 5.41 Å². The molecule has 1 aliphatic carbocycles. The van der Waals surface area contributed by atoms with E-state index in [2.05, 4.69) is 17.5 Å². The van der Waals surface area contributed by atoms with Gasteiger partial charge in [0.2, 0.25) is 0 Å². The van der Waals surface area contributed by atoms with Crippen molar-refractivity contribution in [3.8, 4) is 0 Å². The Morgan fingerprint density at radius 2 is 2.00 bits per heavy atom. The summed E-state index contributed by atoms with van der Waals surface area (Å²) in [6.45, 7) is 5.22. The standard InChI is InChI=1S/C14H23NOS/c1-12(17)13(16)6-5-9-15-10-14(11-15)7-3-2-4-8-14/h5-6,12,17H,2-4,7-11H2,1H3/b6-5+. The first kappa shape index (κ1) is 13.2. The van der Waals surface area contributed by atoms with Crippen LogP contribution in [0.5, 0.6) is 0 Å². The van der Waals surface area contributed by atoms with E-state index in [1.54, 1.807) is 6.08 Å². The summed E-state index contributed by atoms with van der Waals surface area (Å²) in [6, 6.07) is 0. The van der Waals surface area contributed by atoms with Crippen molar-refractivity contribution in [2.45, 2.75) is 44.3 Å². The number of carbonyl (C=O) groups excluding carboxylic acids is 1. The van der Waals surface area contributed by atoms with Crippen molar-refractivity contribution in [3.05, 3.63) is 12.2 Å². The highest BCUT2D eigenvalue weighted by Crippen LogP contribution is 2.43. The summed E-state index contributed by atoms with van der Waals surface area (Å²) in [5.41, 5.74) is 0.646. The number of ketones is 1. The zero-order valence-corrected chi connectivity index (χ0v) is 11.6. The zero-order valence-electron chi connectivity index (χ0n) is 10.7. The zero-order chi connectivity index (χ0) is 12.3. The number of likely N-dealkylation sites (tertiary alicyclic amines) is 1. The molecular formula is C14H23NOS. The number of hydrogen-bond donors (Lipinski definition) is 1. The Balaban J connectivity index is 1.68. The van der Waals surface area contributed by atoms with Gasteiger partial charge in [0.05, 0.1) is 5.25 Å². The Labute approximate surface area is 110 Å². The summed E-state index contributed by atoms with van der Waals surface area (Å²) in [6.07, 6.45) is 10.8. The minimum atomic E-state index is -0.174. The highest BCUT2D eigenvalue weighted by atomic mass is 32.1. The first-order valence-electron chi connectivity index (χ1n) is 6.72. The number of hydrogen-bond acceptors (Lipinski definition) is 3. The quantitative estimate of drug-likeness (QED) is 0.614. The van der Waals surface area contributed by atoms with Crippen LogP contribution < -0.4 is 0 Å². The van der Waals surface area contributed by atoms with Gasteiger partial charge in [0.15, 0.2) is 5.78 Å². The fourth-order valence-corrected chi connectivity index (χ4v) is 3.19. The molecule has 3 heteroatoms. The van der Waals surface area contributed by atoms with E-state index in [9.17, 15) is 4.79 Å². The Bertz CT molecular complexity index is 297. The molecule has 0 bridgehead atoms. The monoisotopic (exact) mass is 253 g/mol. The molecule has 0 radical (unpaired) electrons. The van der Waals surface area contributed by atoms with Gasteiger partial charge in [0.25, 0.3) is 0 Å². The van der Waals surface area contributed by atoms with Crippen molar-refractivity contribution >= 4 is 18.4 Å². The molecule has 1 saturated carbocycles. The van der Waals surface area contributed by atoms with E-state index in [1.165, 1.54) is 45.2 Å². The van der Waals surface area contributed by atoms with E-state index in [4.69, 9.17) is 0 Å². The fourth-order valence-electron chi connectivity index (χ4n) is 3.11. The number of allylic oxidation sites excluding steroid dienone is 1. The van der Waals surface area contributed by atoms with Gasteiger partial charge in [-0.15, -0.1) is 0 Å². The highest BCUT2D eigenvalue weighted by molar-refractivity contribution is 7.81. The Morgan fingerprint density at radius 1 is 1.35 bits per heavy atom. The molecule has 96 valence electrons. The van der Waals surface area contributed by atoms with Gasteiger partial charge in [0.1, 0.15) is 0 Å². The Morgan fingerprint density at radius 3 is 2.59 bits per heavy atom. The molecule has 2 aliphatic rings. The lowest BCUT2D eigenvalue weighted by Gasteiger charge is -2.52. The molecule has 1 saturated heterocycles. The maximum absolute atomic E-state index is 11.3. The predicted octanol–water partition coefficient (Wildman–Crippen LogP) is 2.70. The SMILES string of the molecule is CC(S)C(=O)/C=C/CN1CC2(CCCCC2)C1. The molecule has 1 heterocycles. The van der Waals surface area contributed by atoms with E-state index in [-0.39, 0.29) is 11.0 Å². The molecule has 17 heavy (non-hydrogen) atoms. The van der Waals surface area contributed by atoms with Gasteiger partial charge < -0.3 is 0 Å². The van der Waals surface area contributed by atoms with Crippen molar-refractivity contribution in [2.75, 3.05) is 19.6 Å². The number of thiol groups is 1. The molecule has 0 N–H and O–H groups in total. The second kappa shape index (κ2) is 5.57. The Kier molecular flexibility index (Phi) is 4.31. The van der Waals surface area contributed by atoms with E-state index in [0.29, 0.717) is 5.41 Å². The first-order chi connectivity index (χ1) is 8.11. The second-order valence-electron chi connectivity index (χ2n) is 5.71. The van der Waals surface area contributed by atoms with Crippen molar-refractivity contribution < 1.29 is 4.79 Å². The molecule has 0 amide bonds. The topological polar surface area (TPSA) is 20.3 Å². The van der Waals surface area contributed by atoms with E-state index in [0.717, 1.165) is 6.54 Å². The molecular weight excluding hydrogens is 230 g/mol. The minimum Gasteiger partial charge on any atom is -0.298 e. The van der Waals surface area contributed by atoms with E-state index >= 15 is 0 Å². The van der Waals surface area contributed by atoms with E-state index < -0.39 is 0 Å². The van der Waals surface area contributed by atoms with Crippen molar-refractivity contribution in [1.82, 2.24) is 4.90 Å². The van der Waals surface area contributed by atoms with Crippen LogP contribution in [0.15, 0.2) is 12.2 Å². The number of carbonyl (C=O) groups is 1. The molecule has 1 spiro atoms. The highest BCUT2D eigenvalue weighted by Gasteiger charge is 2.42. The molecule has 2 fully saturated rings. The van der Waals surface area contributed by atoms with Crippen LogP contribution in [-0.2, 0) is 4.79 Å². The van der Waals surface area contributed by atoms with Gasteiger partial charge in [-0.3, -0.25) is 9.69 Å². The van der Waals surface area contributed by atoms with Gasteiger partial charge in [-0.1, -0.05) is 25.3 Å². The molecule has 1 aliphatic heterocycles. The lowest BCUT2D eigenvalue weighted by molar-refractivity contribution is -0.113. The summed E-state index contributed by atoms with van der Waals surface area (Å²) in [4.78, 5) is 13.8. The molecule has 0 aromatic rings. The molecule has 1 unspecified atom stereocenters. The first-order valence-corrected chi connectivity index (χ1v) is 7.24.